The van der Waals surface area contributed by atoms with Crippen LogP contribution in [0.5, 0.6) is 0 Å². The van der Waals surface area contributed by atoms with Gasteiger partial charge in [0.05, 0.1) is 18.2 Å². The van der Waals surface area contributed by atoms with Gasteiger partial charge in [0.2, 0.25) is 0 Å². The maximum absolute atomic E-state index is 15.2. The van der Waals surface area contributed by atoms with Crippen LogP contribution in [0.4, 0.5) is 9.18 Å². The van der Waals surface area contributed by atoms with E-state index in [1.807, 2.05) is 30.3 Å². The van der Waals surface area contributed by atoms with Gasteiger partial charge in [0.25, 0.3) is 0 Å². The first-order valence-corrected chi connectivity index (χ1v) is 21.7. The number of rotatable bonds is 9. The molecule has 6 nitrogen and oxygen atoms in total. The summed E-state index contributed by atoms with van der Waals surface area (Å²) < 4.78 is 21.7. The van der Waals surface area contributed by atoms with Gasteiger partial charge in [-0.25, -0.2) is 9.18 Å². The molecule has 7 aliphatic rings. The number of halogens is 2. The average molecular weight is 786 g/mol. The van der Waals surface area contributed by atoms with Crippen molar-refractivity contribution in [2.75, 3.05) is 6.54 Å². The van der Waals surface area contributed by atoms with E-state index in [9.17, 15) is 19.8 Å². The molecule has 2 N–H and O–H groups in total. The molecule has 11 atom stereocenters. The topological polar surface area (TPSA) is 87.1 Å². The number of hydrogen-bond donors (Lipinski definition) is 2. The molecule has 2 spiro atoms. The minimum absolute atomic E-state index is 0.0969. The van der Waals surface area contributed by atoms with E-state index in [1.54, 1.807) is 17.0 Å². The van der Waals surface area contributed by atoms with Crippen LogP contribution in [0, 0.1) is 57.1 Å². The Kier molecular flexibility index (Phi) is 10.2. The number of carbonyl (C=O) groups is 2. The van der Waals surface area contributed by atoms with E-state index in [1.165, 1.54) is 6.07 Å². The molecule has 2 aromatic carbocycles. The van der Waals surface area contributed by atoms with Gasteiger partial charge in [-0.1, -0.05) is 107 Å². The lowest BCUT2D eigenvalue weighted by molar-refractivity contribution is -0.178. The van der Waals surface area contributed by atoms with Gasteiger partial charge in [-0.3, -0.25) is 4.79 Å². The molecular formula is C48H61ClFNO5. The van der Waals surface area contributed by atoms with Crippen LogP contribution in [0.15, 0.2) is 72.3 Å². The predicted molar refractivity (Wildman–Crippen MR) is 217 cm³/mol. The number of aliphatic hydroxyl groups is 2. The summed E-state index contributed by atoms with van der Waals surface area (Å²) in [5.74, 6) is 0.502. The van der Waals surface area contributed by atoms with Crippen LogP contribution < -0.4 is 0 Å². The van der Waals surface area contributed by atoms with Crippen molar-refractivity contribution in [2.45, 2.75) is 130 Å². The van der Waals surface area contributed by atoms with Crippen LogP contribution in [0.25, 0.3) is 0 Å². The monoisotopic (exact) mass is 785 g/mol. The average Bonchev–Trinajstić information content (AvgIpc) is 3.42. The van der Waals surface area contributed by atoms with Crippen LogP contribution in [0.2, 0.25) is 5.02 Å². The van der Waals surface area contributed by atoms with Crippen molar-refractivity contribution in [3.8, 4) is 0 Å². The van der Waals surface area contributed by atoms with Crippen molar-refractivity contribution in [1.29, 1.82) is 0 Å². The van der Waals surface area contributed by atoms with Crippen molar-refractivity contribution >= 4 is 23.5 Å². The highest BCUT2D eigenvalue weighted by atomic mass is 35.5. The molecule has 302 valence electrons. The van der Waals surface area contributed by atoms with E-state index in [0.29, 0.717) is 55.6 Å². The number of aliphatic hydroxyl groups excluding tert-OH is 1. The van der Waals surface area contributed by atoms with Crippen LogP contribution in [0.1, 0.15) is 110 Å². The maximum Gasteiger partial charge on any atom is 0.410 e. The molecule has 0 aromatic heterocycles. The van der Waals surface area contributed by atoms with Gasteiger partial charge in [0.15, 0.2) is 5.78 Å². The summed E-state index contributed by atoms with van der Waals surface area (Å²) in [6.45, 7) is 11.6. The molecule has 0 saturated heterocycles. The number of nitrogens with zero attached hydrogens (tertiary/aromatic N) is 1. The summed E-state index contributed by atoms with van der Waals surface area (Å²) in [6.07, 6.45) is 13.3. The largest absolute Gasteiger partial charge is 0.446 e. The summed E-state index contributed by atoms with van der Waals surface area (Å²) >= 11 is 6.52. The van der Waals surface area contributed by atoms with E-state index >= 15 is 4.39 Å². The minimum Gasteiger partial charge on any atom is -0.446 e. The van der Waals surface area contributed by atoms with Crippen LogP contribution in [-0.2, 0) is 22.5 Å². The lowest BCUT2D eigenvalue weighted by Gasteiger charge is -2.71. The minimum atomic E-state index is -1.25. The SMILES string of the molecule is CC(C)[C@H]1CC[C@H](C)C[C@@H]1OC(=O)N(Cc1ccccc1)C[C@]1(O)CC[C@H]2[C@]34C=C[C@@]5(C=C3C(=O)Cc3c(F)cccc3Cl)CC(O)CC[C@]5(C)[C@H]4CC[C@@]21C. The van der Waals surface area contributed by atoms with E-state index in [0.717, 1.165) is 44.1 Å². The highest BCUT2D eigenvalue weighted by Crippen LogP contribution is 2.78. The van der Waals surface area contributed by atoms with Crippen molar-refractivity contribution in [1.82, 2.24) is 4.90 Å². The van der Waals surface area contributed by atoms with Gasteiger partial charge >= 0.3 is 6.09 Å². The Balaban J connectivity index is 1.16. The third-order valence-electron chi connectivity index (χ3n) is 16.6. The van der Waals surface area contributed by atoms with Gasteiger partial charge in [0, 0.05) is 45.4 Å². The molecule has 2 bridgehead atoms. The Morgan fingerprint density at radius 2 is 1.66 bits per heavy atom. The number of carbonyl (C=O) groups excluding carboxylic acids is 2. The second kappa shape index (κ2) is 14.4. The van der Waals surface area contributed by atoms with E-state index in [-0.39, 0.29) is 58.8 Å². The van der Waals surface area contributed by atoms with Crippen LogP contribution in [-0.4, -0.2) is 51.3 Å². The third kappa shape index (κ3) is 6.15. The fourth-order valence-corrected chi connectivity index (χ4v) is 13.6. The molecule has 56 heavy (non-hydrogen) atoms. The molecule has 7 aliphatic carbocycles. The Morgan fingerprint density at radius 1 is 0.946 bits per heavy atom. The number of ketones is 1. The zero-order valence-electron chi connectivity index (χ0n) is 33.9. The molecular weight excluding hydrogens is 725 g/mol. The van der Waals surface area contributed by atoms with Gasteiger partial charge in [-0.2, -0.15) is 0 Å². The summed E-state index contributed by atoms with van der Waals surface area (Å²) in [6, 6.07) is 14.5. The summed E-state index contributed by atoms with van der Waals surface area (Å²) in [5, 5.41) is 24.5. The highest BCUT2D eigenvalue weighted by molar-refractivity contribution is 6.31. The number of ether oxygens (including phenoxy) is 1. The predicted octanol–water partition coefficient (Wildman–Crippen LogP) is 10.3. The zero-order valence-corrected chi connectivity index (χ0v) is 34.7. The molecule has 4 saturated carbocycles. The van der Waals surface area contributed by atoms with Crippen molar-refractivity contribution in [3.05, 3.63) is 94.3 Å². The van der Waals surface area contributed by atoms with Crippen LogP contribution >= 0.6 is 11.6 Å². The Hall–Kier alpha value is -3.00. The maximum atomic E-state index is 15.2. The molecule has 0 radical (unpaired) electrons. The molecule has 1 amide bonds. The number of benzene rings is 2. The molecule has 2 aromatic rings. The van der Waals surface area contributed by atoms with E-state index in [4.69, 9.17) is 16.3 Å². The first-order chi connectivity index (χ1) is 26.6. The fraction of sp³-hybridized carbons (Fsp3) is 0.625. The second-order valence-electron chi connectivity index (χ2n) is 19.7. The third-order valence-corrected chi connectivity index (χ3v) is 16.9. The zero-order chi connectivity index (χ0) is 39.8. The van der Waals surface area contributed by atoms with Crippen molar-refractivity contribution in [3.63, 3.8) is 0 Å². The number of fused-ring (bicyclic) bond motifs is 1. The first kappa shape index (κ1) is 39.8. The Labute approximate surface area is 337 Å². The number of hydrogen-bond acceptors (Lipinski definition) is 5. The van der Waals surface area contributed by atoms with E-state index < -0.39 is 33.8 Å². The Morgan fingerprint density at radius 3 is 2.39 bits per heavy atom. The normalized spacial score (nSPS) is 39.7. The number of Topliss-reactive ketones (excluding diaryl/α,β-unsaturated/α-hetero) is 1. The lowest BCUT2D eigenvalue weighted by Crippen LogP contribution is -2.67. The number of amides is 1. The van der Waals surface area contributed by atoms with Gasteiger partial charge in [-0.15, -0.1) is 0 Å². The number of allylic oxidation sites excluding steroid dienone is 4. The smallest absolute Gasteiger partial charge is 0.410 e. The molecule has 1 unspecified atom stereocenters. The summed E-state index contributed by atoms with van der Waals surface area (Å²) in [4.78, 5) is 31.1. The molecule has 8 heteroatoms. The van der Waals surface area contributed by atoms with Gasteiger partial charge in [-0.05, 0) is 110 Å². The molecule has 0 aliphatic heterocycles. The van der Waals surface area contributed by atoms with E-state index in [2.05, 4.69) is 52.8 Å². The first-order valence-electron chi connectivity index (χ1n) is 21.4. The standard InChI is InChI=1S/C48H61ClFNO5/c1-30(2)34-15-14-31(3)24-40(34)56-43(54)51(28-32-10-7-6-8-11-32)29-47(55)21-18-42-45(47,5)20-17-41-44(4)19-16-33(52)26-46(44)22-23-48(41,42)36(27-46)39(53)25-35-37(49)12-9-13-38(35)50/h6-13,22-23,27,30-31,33-34,40-42,52,55H,14-21,24-26,28-29H2,1-5H3/t31-,33?,34+,40-,41+,42+,44+,45-,46-,47+,48+/m0/s1. The second-order valence-corrected chi connectivity index (χ2v) is 20.1. The molecule has 0 heterocycles. The van der Waals surface area contributed by atoms with Crippen molar-refractivity contribution in [2.24, 2.45) is 51.2 Å². The molecule has 9 rings (SSSR count). The summed E-state index contributed by atoms with van der Waals surface area (Å²) in [7, 11) is 0. The van der Waals surface area contributed by atoms with Gasteiger partial charge in [0.1, 0.15) is 11.9 Å². The Bertz CT molecular complexity index is 1900. The quantitative estimate of drug-likeness (QED) is 0.247. The summed E-state index contributed by atoms with van der Waals surface area (Å²) in [5.41, 5.74) is -1.44. The van der Waals surface area contributed by atoms with Crippen LogP contribution in [0.3, 0.4) is 0 Å². The van der Waals surface area contributed by atoms with Crippen molar-refractivity contribution < 1.29 is 28.9 Å². The fourth-order valence-electron chi connectivity index (χ4n) is 13.4. The molecule has 4 fully saturated rings. The highest BCUT2D eigenvalue weighted by Gasteiger charge is 2.74. The lowest BCUT2D eigenvalue weighted by atomic mass is 9.32. The van der Waals surface area contributed by atoms with Gasteiger partial charge < -0.3 is 19.8 Å².